The predicted molar refractivity (Wildman–Crippen MR) is 57.0 cm³/mol. The Morgan fingerprint density at radius 2 is 2.36 bits per heavy atom. The molecule has 0 aliphatic carbocycles. The van der Waals surface area contributed by atoms with Gasteiger partial charge in [0.15, 0.2) is 0 Å². The van der Waals surface area contributed by atoms with Crippen LogP contribution >= 0.6 is 0 Å². The fourth-order valence-corrected chi connectivity index (χ4v) is 2.13. The highest BCUT2D eigenvalue weighted by atomic mass is 28.1. The van der Waals surface area contributed by atoms with Crippen molar-refractivity contribution in [1.82, 2.24) is 0 Å². The zero-order valence-corrected chi connectivity index (χ0v) is 10.7. The van der Waals surface area contributed by atoms with Gasteiger partial charge in [-0.3, -0.25) is 0 Å². The van der Waals surface area contributed by atoms with Crippen molar-refractivity contribution in [2.45, 2.75) is 31.1 Å². The lowest BCUT2D eigenvalue weighted by Gasteiger charge is -2.32. The molecule has 4 nitrogen and oxygen atoms in total. The van der Waals surface area contributed by atoms with Crippen molar-refractivity contribution in [3.05, 3.63) is 12.7 Å². The Balaban J connectivity index is 4.52. The van der Waals surface area contributed by atoms with Crippen LogP contribution in [0, 0.1) is 0 Å². The maximum absolute atomic E-state index is 11.0. The molecule has 0 heterocycles. The van der Waals surface area contributed by atoms with Crippen molar-refractivity contribution in [3.63, 3.8) is 0 Å². The molecule has 0 aromatic rings. The van der Waals surface area contributed by atoms with E-state index in [0.717, 1.165) is 12.5 Å². The number of rotatable bonds is 6. The average Bonchev–Trinajstić information content (AvgIpc) is 2.16. The Morgan fingerprint density at radius 3 is 2.71 bits per heavy atom. The second kappa shape index (κ2) is 5.95. The molecule has 0 spiro atoms. The van der Waals surface area contributed by atoms with Crippen LogP contribution < -0.4 is 0 Å². The van der Waals surface area contributed by atoms with Gasteiger partial charge in [-0.2, -0.15) is 0 Å². The molecule has 5 heteroatoms. The van der Waals surface area contributed by atoms with Crippen molar-refractivity contribution in [1.29, 1.82) is 0 Å². The van der Waals surface area contributed by atoms with E-state index in [4.69, 9.17) is 9.84 Å². The highest BCUT2D eigenvalue weighted by Crippen LogP contribution is 2.19. The number of ether oxygens (including phenoxy) is 1. The zero-order chi connectivity index (χ0) is 11.2. The summed E-state index contributed by atoms with van der Waals surface area (Å²) in [6.07, 6.45) is 1.40. The Hall–Kier alpha value is -0.653. The first-order chi connectivity index (χ1) is 6.50. The summed E-state index contributed by atoms with van der Waals surface area (Å²) in [4.78, 5) is 11.0. The van der Waals surface area contributed by atoms with E-state index in [2.05, 4.69) is 6.58 Å². The normalized spacial score (nSPS) is 17.1. The lowest BCUT2D eigenvalue weighted by atomic mass is 10.1. The molecule has 14 heavy (non-hydrogen) atoms. The second-order valence-electron chi connectivity index (χ2n) is 3.39. The Bertz CT molecular complexity index is 207. The molecular weight excluding hydrogens is 200 g/mol. The zero-order valence-electron chi connectivity index (χ0n) is 8.69. The Labute approximate surface area is 87.0 Å². The van der Waals surface area contributed by atoms with Gasteiger partial charge >= 0.3 is 5.97 Å². The third kappa shape index (κ3) is 3.61. The number of carbonyl (C=O) groups is 1. The molecule has 2 unspecified atom stereocenters. The van der Waals surface area contributed by atoms with Crippen LogP contribution in [0.2, 0.25) is 0 Å². The fraction of sp³-hybridized carbons (Fsp3) is 0.667. The van der Waals surface area contributed by atoms with Crippen LogP contribution in [0.3, 0.4) is 0 Å². The summed E-state index contributed by atoms with van der Waals surface area (Å²) < 4.78 is 5.07. The molecule has 82 valence electrons. The Morgan fingerprint density at radius 1 is 1.79 bits per heavy atom. The van der Waals surface area contributed by atoms with Crippen LogP contribution in [-0.4, -0.2) is 44.4 Å². The second-order valence-corrected chi connectivity index (χ2v) is 5.08. The summed E-state index contributed by atoms with van der Waals surface area (Å²) in [6, 6.07) is 0. The SMILES string of the molecule is C=CC(=O)OC([SiH3])(CCC)C(O)CO. The summed E-state index contributed by atoms with van der Waals surface area (Å²) in [5.41, 5.74) is 0. The maximum Gasteiger partial charge on any atom is 0.330 e. The molecule has 0 aromatic heterocycles. The van der Waals surface area contributed by atoms with Crippen molar-refractivity contribution < 1.29 is 19.7 Å². The van der Waals surface area contributed by atoms with Gasteiger partial charge in [0.2, 0.25) is 0 Å². The van der Waals surface area contributed by atoms with Gasteiger partial charge in [-0.15, -0.1) is 0 Å². The van der Waals surface area contributed by atoms with Crippen molar-refractivity contribution in [3.8, 4) is 0 Å². The van der Waals surface area contributed by atoms with Gasteiger partial charge in [0.05, 0.1) is 16.8 Å². The summed E-state index contributed by atoms with van der Waals surface area (Å²) in [7, 11) is 0.473. The van der Waals surface area contributed by atoms with E-state index in [1.807, 2.05) is 6.92 Å². The summed E-state index contributed by atoms with van der Waals surface area (Å²) >= 11 is 0. The molecule has 0 amide bonds. The van der Waals surface area contributed by atoms with Crippen LogP contribution in [0.15, 0.2) is 12.7 Å². The summed E-state index contributed by atoms with van der Waals surface area (Å²) in [5, 5.41) is 17.5. The molecule has 0 bridgehead atoms. The molecule has 0 radical (unpaired) electrons. The smallest absolute Gasteiger partial charge is 0.330 e. The van der Waals surface area contributed by atoms with Crippen molar-refractivity contribution >= 4 is 16.2 Å². The number of hydrogen-bond donors (Lipinski definition) is 2. The molecule has 0 aliphatic heterocycles. The number of carbonyl (C=O) groups excluding carboxylic acids is 1. The monoisotopic (exact) mass is 218 g/mol. The van der Waals surface area contributed by atoms with E-state index >= 15 is 0 Å². The van der Waals surface area contributed by atoms with E-state index in [1.165, 1.54) is 0 Å². The minimum atomic E-state index is -1.00. The van der Waals surface area contributed by atoms with Crippen LogP contribution in [0.1, 0.15) is 19.8 Å². The van der Waals surface area contributed by atoms with Gasteiger partial charge in [0.1, 0.15) is 11.3 Å². The van der Waals surface area contributed by atoms with Crippen LogP contribution in [0.5, 0.6) is 0 Å². The predicted octanol–water partition coefficient (Wildman–Crippen LogP) is -1.07. The van der Waals surface area contributed by atoms with E-state index in [1.54, 1.807) is 0 Å². The van der Waals surface area contributed by atoms with E-state index < -0.39 is 23.9 Å². The molecule has 0 aromatic carbocycles. The first-order valence-corrected chi connectivity index (χ1v) is 5.64. The fourth-order valence-electron chi connectivity index (χ4n) is 1.25. The number of aliphatic hydroxyl groups is 2. The van der Waals surface area contributed by atoms with Gasteiger partial charge in [-0.05, 0) is 6.42 Å². The molecule has 0 rings (SSSR count). The van der Waals surface area contributed by atoms with Gasteiger partial charge in [-0.1, -0.05) is 19.9 Å². The number of aliphatic hydroxyl groups excluding tert-OH is 2. The van der Waals surface area contributed by atoms with Crippen molar-refractivity contribution in [2.24, 2.45) is 0 Å². The molecule has 2 atom stereocenters. The van der Waals surface area contributed by atoms with Gasteiger partial charge in [-0.25, -0.2) is 4.79 Å². The Kier molecular flexibility index (Phi) is 5.67. The largest absolute Gasteiger partial charge is 0.458 e. The first kappa shape index (κ1) is 13.3. The maximum atomic E-state index is 11.0. The highest BCUT2D eigenvalue weighted by Gasteiger charge is 2.34. The average molecular weight is 218 g/mol. The highest BCUT2D eigenvalue weighted by molar-refractivity contribution is 6.16. The van der Waals surface area contributed by atoms with Gasteiger partial charge in [0, 0.05) is 6.08 Å². The molecule has 0 saturated heterocycles. The summed E-state index contributed by atoms with van der Waals surface area (Å²) in [6.45, 7) is 4.82. The van der Waals surface area contributed by atoms with Gasteiger partial charge < -0.3 is 14.9 Å². The first-order valence-electron chi connectivity index (χ1n) is 4.64. The van der Waals surface area contributed by atoms with Crippen LogP contribution in [-0.2, 0) is 9.53 Å². The quantitative estimate of drug-likeness (QED) is 0.338. The molecule has 0 fully saturated rings. The van der Waals surface area contributed by atoms with E-state index in [0.29, 0.717) is 16.7 Å². The molecule has 0 aliphatic rings. The molecule has 0 saturated carbocycles. The number of hydrogen-bond acceptors (Lipinski definition) is 4. The van der Waals surface area contributed by atoms with Crippen molar-refractivity contribution in [2.75, 3.05) is 6.61 Å². The molecule has 2 N–H and O–H groups in total. The van der Waals surface area contributed by atoms with Crippen LogP contribution in [0.4, 0.5) is 0 Å². The third-order valence-corrected chi connectivity index (χ3v) is 3.50. The number of esters is 1. The third-order valence-electron chi connectivity index (χ3n) is 2.12. The lowest BCUT2D eigenvalue weighted by molar-refractivity contribution is -0.157. The van der Waals surface area contributed by atoms with E-state index in [-0.39, 0.29) is 0 Å². The van der Waals surface area contributed by atoms with Crippen LogP contribution in [0.25, 0.3) is 0 Å². The molecular formula is C9H18O4Si. The van der Waals surface area contributed by atoms with E-state index in [9.17, 15) is 9.90 Å². The minimum Gasteiger partial charge on any atom is -0.458 e. The minimum absolute atomic E-state index is 0.395. The lowest BCUT2D eigenvalue weighted by Crippen LogP contribution is -2.48. The van der Waals surface area contributed by atoms with Gasteiger partial charge in [0.25, 0.3) is 0 Å². The standard InChI is InChI=1S/C9H18O4Si/c1-3-5-9(14,7(11)6-10)13-8(12)4-2/h4,7,10-11H,2-3,5-6H2,1,14H3. The summed E-state index contributed by atoms with van der Waals surface area (Å²) in [5.74, 6) is -0.555. The topological polar surface area (TPSA) is 66.8 Å².